The quantitative estimate of drug-likeness (QED) is 0.816. The smallest absolute Gasteiger partial charge is 0.321 e. The summed E-state index contributed by atoms with van der Waals surface area (Å²) in [6.07, 6.45) is 0.297. The lowest BCUT2D eigenvalue weighted by atomic mass is 10.1. The summed E-state index contributed by atoms with van der Waals surface area (Å²) >= 11 is 5.82. The van der Waals surface area contributed by atoms with Gasteiger partial charge in [-0.25, -0.2) is 4.79 Å². The minimum absolute atomic E-state index is 0.0766. The van der Waals surface area contributed by atoms with Crippen molar-refractivity contribution in [1.29, 1.82) is 0 Å². The maximum absolute atomic E-state index is 11.9. The SMILES string of the molecule is O=C(Cc1ccc(Cl)cc1)NCC#Cc1ccc(N2CCNC2=O)cc1. The molecule has 1 saturated heterocycles. The van der Waals surface area contributed by atoms with Crippen LogP contribution in [0, 0.1) is 11.8 Å². The van der Waals surface area contributed by atoms with E-state index in [1.807, 2.05) is 36.4 Å². The molecule has 2 aromatic carbocycles. The van der Waals surface area contributed by atoms with Gasteiger partial charge in [0.05, 0.1) is 13.0 Å². The van der Waals surface area contributed by atoms with Gasteiger partial charge in [0.15, 0.2) is 0 Å². The molecule has 1 heterocycles. The van der Waals surface area contributed by atoms with E-state index in [-0.39, 0.29) is 18.5 Å². The number of halogens is 1. The Balaban J connectivity index is 1.48. The van der Waals surface area contributed by atoms with E-state index in [9.17, 15) is 9.59 Å². The summed E-state index contributed by atoms with van der Waals surface area (Å²) < 4.78 is 0. The van der Waals surface area contributed by atoms with Crippen molar-refractivity contribution in [2.24, 2.45) is 0 Å². The maximum Gasteiger partial charge on any atom is 0.321 e. The van der Waals surface area contributed by atoms with Crippen molar-refractivity contribution in [3.63, 3.8) is 0 Å². The third-order valence-corrected chi connectivity index (χ3v) is 4.17. The molecule has 5 nitrogen and oxygen atoms in total. The van der Waals surface area contributed by atoms with Gasteiger partial charge in [-0.2, -0.15) is 0 Å². The molecule has 132 valence electrons. The van der Waals surface area contributed by atoms with Crippen molar-refractivity contribution in [2.45, 2.75) is 6.42 Å². The Labute approximate surface area is 157 Å². The molecule has 0 saturated carbocycles. The van der Waals surface area contributed by atoms with E-state index in [1.165, 1.54) is 0 Å². The van der Waals surface area contributed by atoms with Crippen LogP contribution in [0.5, 0.6) is 0 Å². The van der Waals surface area contributed by atoms with Gasteiger partial charge in [-0.3, -0.25) is 9.69 Å². The van der Waals surface area contributed by atoms with Crippen molar-refractivity contribution in [3.05, 3.63) is 64.7 Å². The van der Waals surface area contributed by atoms with E-state index in [2.05, 4.69) is 22.5 Å². The molecule has 2 aromatic rings. The van der Waals surface area contributed by atoms with Crippen LogP contribution >= 0.6 is 11.6 Å². The molecule has 0 radical (unpaired) electrons. The molecular weight excluding hydrogens is 350 g/mol. The Morgan fingerprint density at radius 3 is 2.54 bits per heavy atom. The van der Waals surface area contributed by atoms with Crippen molar-refractivity contribution < 1.29 is 9.59 Å². The predicted molar refractivity (Wildman–Crippen MR) is 102 cm³/mol. The van der Waals surface area contributed by atoms with Crippen LogP contribution in [0.15, 0.2) is 48.5 Å². The highest BCUT2D eigenvalue weighted by Gasteiger charge is 2.20. The number of nitrogens with zero attached hydrogens (tertiary/aromatic N) is 1. The third-order valence-electron chi connectivity index (χ3n) is 3.92. The first kappa shape index (κ1) is 17.8. The zero-order valence-electron chi connectivity index (χ0n) is 14.1. The highest BCUT2D eigenvalue weighted by Crippen LogP contribution is 2.16. The molecule has 0 unspecified atom stereocenters. The van der Waals surface area contributed by atoms with Crippen LogP contribution in [0.1, 0.15) is 11.1 Å². The lowest BCUT2D eigenvalue weighted by Gasteiger charge is -2.13. The number of amides is 3. The minimum Gasteiger partial charge on any atom is -0.345 e. The topological polar surface area (TPSA) is 61.4 Å². The molecule has 0 aliphatic carbocycles. The van der Waals surface area contributed by atoms with Gasteiger partial charge in [-0.15, -0.1) is 0 Å². The normalized spacial score (nSPS) is 13.0. The molecular formula is C20H18ClN3O2. The number of carbonyl (C=O) groups excluding carboxylic acids is 2. The fourth-order valence-corrected chi connectivity index (χ4v) is 2.71. The number of hydrogen-bond acceptors (Lipinski definition) is 2. The van der Waals surface area contributed by atoms with Crippen molar-refractivity contribution in [2.75, 3.05) is 24.5 Å². The highest BCUT2D eigenvalue weighted by molar-refractivity contribution is 6.30. The first-order valence-electron chi connectivity index (χ1n) is 8.27. The molecule has 1 aliphatic rings. The van der Waals surface area contributed by atoms with Crippen molar-refractivity contribution >= 4 is 29.2 Å². The van der Waals surface area contributed by atoms with Gasteiger partial charge in [-0.05, 0) is 42.0 Å². The van der Waals surface area contributed by atoms with E-state index >= 15 is 0 Å². The number of nitrogens with one attached hydrogen (secondary N) is 2. The van der Waals surface area contributed by atoms with E-state index in [0.717, 1.165) is 16.8 Å². The summed E-state index contributed by atoms with van der Waals surface area (Å²) in [5, 5.41) is 6.19. The van der Waals surface area contributed by atoms with Gasteiger partial charge >= 0.3 is 6.03 Å². The molecule has 3 amide bonds. The molecule has 1 aliphatic heterocycles. The minimum atomic E-state index is -0.0861. The second-order valence-corrected chi connectivity index (χ2v) is 6.25. The molecule has 1 fully saturated rings. The first-order valence-corrected chi connectivity index (χ1v) is 8.65. The van der Waals surface area contributed by atoms with Crippen LogP contribution in [0.2, 0.25) is 5.02 Å². The zero-order chi connectivity index (χ0) is 18.4. The number of rotatable bonds is 4. The molecule has 26 heavy (non-hydrogen) atoms. The Kier molecular flexibility index (Phi) is 5.77. The highest BCUT2D eigenvalue weighted by atomic mass is 35.5. The average Bonchev–Trinajstić information content (AvgIpc) is 3.07. The van der Waals surface area contributed by atoms with Crippen molar-refractivity contribution in [1.82, 2.24) is 10.6 Å². The Bertz CT molecular complexity index is 851. The van der Waals surface area contributed by atoms with Gasteiger partial charge in [0, 0.05) is 29.4 Å². The van der Waals surface area contributed by atoms with Crippen LogP contribution in [-0.2, 0) is 11.2 Å². The van der Waals surface area contributed by atoms with E-state index < -0.39 is 0 Å². The summed E-state index contributed by atoms with van der Waals surface area (Å²) in [5.74, 6) is 5.84. The number of benzene rings is 2. The van der Waals surface area contributed by atoms with Gasteiger partial charge in [-0.1, -0.05) is 35.6 Å². The molecule has 2 N–H and O–H groups in total. The third kappa shape index (κ3) is 4.78. The van der Waals surface area contributed by atoms with Gasteiger partial charge < -0.3 is 10.6 Å². The predicted octanol–water partition coefficient (Wildman–Crippen LogP) is 2.58. The molecule has 0 spiro atoms. The summed E-state index contributed by atoms with van der Waals surface area (Å²) in [4.78, 5) is 25.2. The van der Waals surface area contributed by atoms with Crippen LogP contribution in [-0.4, -0.2) is 31.6 Å². The molecule has 6 heteroatoms. The van der Waals surface area contributed by atoms with Crippen molar-refractivity contribution in [3.8, 4) is 11.8 Å². The standard InChI is InChI=1S/C20H18ClN3O2/c21-17-7-3-16(4-8-17)14-19(25)22-11-1-2-15-5-9-18(10-6-15)24-13-12-23-20(24)26/h3-10H,11-14H2,(H,22,25)(H,23,26). The summed E-state index contributed by atoms with van der Waals surface area (Å²) in [6, 6.07) is 14.6. The summed E-state index contributed by atoms with van der Waals surface area (Å²) in [7, 11) is 0. The van der Waals surface area contributed by atoms with E-state index in [0.29, 0.717) is 24.5 Å². The number of hydrogen-bond donors (Lipinski definition) is 2. The summed E-state index contributed by atoms with van der Waals surface area (Å²) in [5.41, 5.74) is 2.59. The van der Waals surface area contributed by atoms with Gasteiger partial charge in [0.2, 0.25) is 5.91 Å². The number of carbonyl (C=O) groups is 2. The van der Waals surface area contributed by atoms with Crippen LogP contribution in [0.25, 0.3) is 0 Å². The maximum atomic E-state index is 11.9. The lowest BCUT2D eigenvalue weighted by molar-refractivity contribution is -0.120. The molecule has 3 rings (SSSR count). The van der Waals surface area contributed by atoms with Crippen LogP contribution < -0.4 is 15.5 Å². The molecule has 0 aromatic heterocycles. The summed E-state index contributed by atoms with van der Waals surface area (Å²) in [6.45, 7) is 1.61. The fraction of sp³-hybridized carbons (Fsp3) is 0.200. The Morgan fingerprint density at radius 2 is 1.88 bits per heavy atom. The number of urea groups is 1. The first-order chi connectivity index (χ1) is 12.6. The Hall–Kier alpha value is -2.97. The fourth-order valence-electron chi connectivity index (χ4n) is 2.58. The Morgan fingerprint density at radius 1 is 1.15 bits per heavy atom. The lowest BCUT2D eigenvalue weighted by Crippen LogP contribution is -2.27. The molecule has 0 atom stereocenters. The largest absolute Gasteiger partial charge is 0.345 e. The van der Waals surface area contributed by atoms with E-state index in [4.69, 9.17) is 11.6 Å². The van der Waals surface area contributed by atoms with E-state index in [1.54, 1.807) is 17.0 Å². The molecule has 0 bridgehead atoms. The van der Waals surface area contributed by atoms with Crippen LogP contribution in [0.3, 0.4) is 0 Å². The second kappa shape index (κ2) is 8.41. The second-order valence-electron chi connectivity index (χ2n) is 5.81. The van der Waals surface area contributed by atoms with Gasteiger partial charge in [0.1, 0.15) is 0 Å². The monoisotopic (exact) mass is 367 g/mol. The zero-order valence-corrected chi connectivity index (χ0v) is 14.8. The van der Waals surface area contributed by atoms with Crippen LogP contribution in [0.4, 0.5) is 10.5 Å². The average molecular weight is 368 g/mol. The number of anilines is 1. The van der Waals surface area contributed by atoms with Gasteiger partial charge in [0.25, 0.3) is 0 Å².